The predicted molar refractivity (Wildman–Crippen MR) is 318 cm³/mol. The van der Waals surface area contributed by atoms with E-state index in [0.717, 1.165) is 70.1 Å². The Labute approximate surface area is 488 Å². The highest BCUT2D eigenvalue weighted by atomic mass is 19.1. The van der Waals surface area contributed by atoms with Gasteiger partial charge in [0, 0.05) is 55.3 Å². The molecule has 0 spiro atoms. The van der Waals surface area contributed by atoms with Gasteiger partial charge < -0.3 is 29.2 Å². The number of hydrogen-bond acceptors (Lipinski definition) is 12. The van der Waals surface area contributed by atoms with E-state index < -0.39 is 76.4 Å². The average Bonchev–Trinajstić information content (AvgIpc) is 2.51. The van der Waals surface area contributed by atoms with Crippen molar-refractivity contribution in [2.24, 2.45) is 34.5 Å². The van der Waals surface area contributed by atoms with Crippen LogP contribution in [0.1, 0.15) is 279 Å². The van der Waals surface area contributed by atoms with Crippen LogP contribution >= 0.6 is 0 Å². The summed E-state index contributed by atoms with van der Waals surface area (Å²) >= 11 is 0. The van der Waals surface area contributed by atoms with Crippen LogP contribution in [-0.4, -0.2) is 89.0 Å². The standard InChI is InChI=1S/C68H111FO12/c1-7-8-9-10-11-12-13-14-15-16-20-23-26-29-32-36-61(73)78-46-43-56(44-47-79-62(74)37-33-30-27-24-21-18-17-19-22-25-28-31-35-52(2)3)81-64(76)39-34-38-63(75)80-51-60(72)68(77)53(4)48-58-57-41-40-54-49-55(70)42-45-65(54,5)67(57,69)59(71)50-66(58,68)6/h14-15,42,45,49,52-53,56-59,71,77H,7-13,16-41,43-44,46-48,50-51H2,1-6H3/b15-14-/t53-,56?,57+,58+,59+,65+,66+,67+,68+/m1/s1. The van der Waals surface area contributed by atoms with Crippen LogP contribution in [0.2, 0.25) is 0 Å². The van der Waals surface area contributed by atoms with Crippen LogP contribution in [0, 0.1) is 34.5 Å². The zero-order chi connectivity index (χ0) is 59.2. The second-order valence-electron chi connectivity index (χ2n) is 25.7. The van der Waals surface area contributed by atoms with Crippen molar-refractivity contribution in [2.45, 2.75) is 303 Å². The number of fused-ring (bicyclic) bond motifs is 5. The van der Waals surface area contributed by atoms with Crippen molar-refractivity contribution in [3.63, 3.8) is 0 Å². The molecule has 81 heavy (non-hydrogen) atoms. The number of aliphatic hydroxyl groups excluding tert-OH is 1. The first kappa shape index (κ1) is 69.8. The number of aliphatic hydroxyl groups is 2. The topological polar surface area (TPSA) is 180 Å². The molecular weight excluding hydrogens is 1030 g/mol. The number of carbonyl (C=O) groups excluding carboxylic acids is 6. The second-order valence-corrected chi connectivity index (χ2v) is 25.7. The van der Waals surface area contributed by atoms with E-state index in [1.54, 1.807) is 26.8 Å². The monoisotopic (exact) mass is 1140 g/mol. The van der Waals surface area contributed by atoms with Crippen molar-refractivity contribution in [3.8, 4) is 0 Å². The molecule has 462 valence electrons. The number of hydrogen-bond donors (Lipinski definition) is 2. The molecule has 0 amide bonds. The average molecular weight is 1140 g/mol. The van der Waals surface area contributed by atoms with Gasteiger partial charge in [-0.3, -0.25) is 28.8 Å². The Hall–Kier alpha value is -3.71. The van der Waals surface area contributed by atoms with E-state index in [2.05, 4.69) is 32.9 Å². The molecule has 0 radical (unpaired) electrons. The molecule has 0 aromatic heterocycles. The van der Waals surface area contributed by atoms with Crippen LogP contribution in [0.3, 0.4) is 0 Å². The van der Waals surface area contributed by atoms with Gasteiger partial charge in [-0.05, 0) is 107 Å². The van der Waals surface area contributed by atoms with E-state index in [4.69, 9.17) is 18.9 Å². The molecule has 0 aromatic rings. The largest absolute Gasteiger partial charge is 0.466 e. The number of ketones is 2. The summed E-state index contributed by atoms with van der Waals surface area (Å²) in [5, 5.41) is 24.0. The maximum absolute atomic E-state index is 17.6. The number of halogens is 1. The van der Waals surface area contributed by atoms with Crippen LogP contribution in [0.4, 0.5) is 4.39 Å². The SMILES string of the molecule is CCCCCCCC/C=C\CCCCCCCC(=O)OCCC(CCOC(=O)CCCCCCCCCCCCCCC(C)C)OC(=O)CCCC(=O)OCC(=O)[C@@]1(O)[C@H](C)C[C@H]2[C@@H]3CCC4=CC(=O)C=C[C@]4(C)[C@@]3(F)[C@@H](O)C[C@@]21C. The van der Waals surface area contributed by atoms with E-state index in [1.165, 1.54) is 115 Å². The van der Waals surface area contributed by atoms with Gasteiger partial charge in [-0.1, -0.05) is 187 Å². The summed E-state index contributed by atoms with van der Waals surface area (Å²) in [7, 11) is 0. The van der Waals surface area contributed by atoms with Gasteiger partial charge in [-0.25, -0.2) is 4.39 Å². The predicted octanol–water partition coefficient (Wildman–Crippen LogP) is 15.6. The summed E-state index contributed by atoms with van der Waals surface area (Å²) < 4.78 is 39.9. The highest BCUT2D eigenvalue weighted by Gasteiger charge is 2.75. The summed E-state index contributed by atoms with van der Waals surface area (Å²) in [5.74, 6) is -3.85. The molecule has 0 heterocycles. The first-order valence-electron chi connectivity index (χ1n) is 32.7. The fourth-order valence-corrected chi connectivity index (χ4v) is 14.0. The van der Waals surface area contributed by atoms with Gasteiger partial charge in [0.25, 0.3) is 0 Å². The normalized spacial score (nSPS) is 26.2. The van der Waals surface area contributed by atoms with Gasteiger partial charge in [0.15, 0.2) is 18.1 Å². The van der Waals surface area contributed by atoms with Gasteiger partial charge in [-0.15, -0.1) is 0 Å². The lowest BCUT2D eigenvalue weighted by Crippen LogP contribution is -2.69. The smallest absolute Gasteiger partial charge is 0.306 e. The molecule has 13 heteroatoms. The lowest BCUT2D eigenvalue weighted by molar-refractivity contribution is -0.220. The van der Waals surface area contributed by atoms with Crippen molar-refractivity contribution in [3.05, 3.63) is 36.0 Å². The minimum atomic E-state index is -2.12. The molecule has 1 unspecified atom stereocenters. The fourth-order valence-electron chi connectivity index (χ4n) is 14.0. The van der Waals surface area contributed by atoms with Crippen molar-refractivity contribution >= 4 is 35.4 Å². The molecule has 12 nitrogen and oxygen atoms in total. The third-order valence-corrected chi connectivity index (χ3v) is 19.0. The van der Waals surface area contributed by atoms with Gasteiger partial charge in [0.1, 0.15) is 11.7 Å². The molecule has 2 N–H and O–H groups in total. The molecule has 0 bridgehead atoms. The molecule has 4 aliphatic rings. The number of unbranched alkanes of at least 4 members (excludes halogenated alkanes) is 22. The molecule has 0 aromatic carbocycles. The Bertz CT molecular complexity index is 2010. The van der Waals surface area contributed by atoms with Gasteiger partial charge in [0.2, 0.25) is 5.78 Å². The zero-order valence-corrected chi connectivity index (χ0v) is 51.5. The first-order chi connectivity index (χ1) is 38.8. The molecule has 4 aliphatic carbocycles. The molecule has 3 saturated carbocycles. The summed E-state index contributed by atoms with van der Waals surface area (Å²) in [6.07, 6.45) is 39.4. The molecule has 0 aliphatic heterocycles. The Balaban J connectivity index is 1.16. The van der Waals surface area contributed by atoms with Crippen LogP contribution in [0.15, 0.2) is 36.0 Å². The number of allylic oxidation sites excluding steroid dienone is 6. The second kappa shape index (κ2) is 36.9. The third kappa shape index (κ3) is 21.7. The number of Topliss-reactive ketones (excluding diaryl/α,β-unsaturated/α-hetero) is 1. The first-order valence-corrected chi connectivity index (χ1v) is 32.7. The summed E-state index contributed by atoms with van der Waals surface area (Å²) in [4.78, 5) is 77.8. The minimum absolute atomic E-state index is 0.0325. The highest BCUT2D eigenvalue weighted by Crippen LogP contribution is 2.70. The van der Waals surface area contributed by atoms with Crippen molar-refractivity contribution < 1.29 is 62.3 Å². The van der Waals surface area contributed by atoms with Crippen LogP contribution in [0.5, 0.6) is 0 Å². The molecule has 4 rings (SSSR count). The van der Waals surface area contributed by atoms with Crippen LogP contribution < -0.4 is 0 Å². The van der Waals surface area contributed by atoms with Crippen molar-refractivity contribution in [2.75, 3.05) is 19.8 Å². The number of esters is 4. The number of rotatable bonds is 44. The molecule has 3 fully saturated rings. The number of ether oxygens (including phenoxy) is 4. The zero-order valence-electron chi connectivity index (χ0n) is 51.5. The van der Waals surface area contributed by atoms with E-state index in [1.807, 2.05) is 0 Å². The summed E-state index contributed by atoms with van der Waals surface area (Å²) in [5.41, 5.74) is -5.91. The fraction of sp³-hybridized carbons (Fsp3) is 0.824. The maximum atomic E-state index is 17.6. The van der Waals surface area contributed by atoms with Crippen LogP contribution in [0.25, 0.3) is 0 Å². The van der Waals surface area contributed by atoms with E-state index in [9.17, 15) is 39.0 Å². The number of carbonyl (C=O) groups is 6. The molecular formula is C68H111FO12. The summed E-state index contributed by atoms with van der Waals surface area (Å²) in [6.45, 7) is 11.3. The van der Waals surface area contributed by atoms with Crippen molar-refractivity contribution in [1.82, 2.24) is 0 Å². The Morgan fingerprint density at radius 3 is 1.68 bits per heavy atom. The highest BCUT2D eigenvalue weighted by molar-refractivity contribution is 6.01. The number of alkyl halides is 1. The van der Waals surface area contributed by atoms with E-state index in [-0.39, 0.29) is 69.5 Å². The minimum Gasteiger partial charge on any atom is -0.466 e. The van der Waals surface area contributed by atoms with Gasteiger partial charge in [0.05, 0.1) is 19.3 Å². The lowest BCUT2D eigenvalue weighted by Gasteiger charge is -2.62. The molecule has 9 atom stereocenters. The van der Waals surface area contributed by atoms with Gasteiger partial charge in [-0.2, -0.15) is 0 Å². The maximum Gasteiger partial charge on any atom is 0.306 e. The quantitative estimate of drug-likeness (QED) is 0.0256. The van der Waals surface area contributed by atoms with E-state index in [0.29, 0.717) is 37.7 Å². The van der Waals surface area contributed by atoms with Crippen LogP contribution in [-0.2, 0) is 47.7 Å². The van der Waals surface area contributed by atoms with Gasteiger partial charge >= 0.3 is 23.9 Å². The van der Waals surface area contributed by atoms with Crippen molar-refractivity contribution in [1.29, 1.82) is 0 Å². The van der Waals surface area contributed by atoms with E-state index >= 15 is 4.39 Å². The summed E-state index contributed by atoms with van der Waals surface area (Å²) in [6, 6.07) is 0. The Morgan fingerprint density at radius 2 is 1.14 bits per heavy atom. The molecule has 0 saturated heterocycles. The Kier molecular flexibility index (Phi) is 31.8. The lowest BCUT2D eigenvalue weighted by atomic mass is 9.44. The Morgan fingerprint density at radius 1 is 0.654 bits per heavy atom. The third-order valence-electron chi connectivity index (χ3n) is 19.0.